The zero-order chi connectivity index (χ0) is 14.2. The molecule has 0 radical (unpaired) electrons. The molecule has 1 aliphatic heterocycles. The van der Waals surface area contributed by atoms with E-state index in [1.54, 1.807) is 7.11 Å². The van der Waals surface area contributed by atoms with Crippen molar-refractivity contribution in [2.45, 2.75) is 25.4 Å². The van der Waals surface area contributed by atoms with Gasteiger partial charge in [0.25, 0.3) is 0 Å². The summed E-state index contributed by atoms with van der Waals surface area (Å²) >= 11 is 5.61. The topological polar surface area (TPSA) is 27.7 Å². The van der Waals surface area contributed by atoms with E-state index in [0.29, 0.717) is 12.5 Å². The highest BCUT2D eigenvalue weighted by molar-refractivity contribution is 6.19. The lowest BCUT2D eigenvalue weighted by atomic mass is 10.1. The Hall–Kier alpha value is -1.37. The van der Waals surface area contributed by atoms with Gasteiger partial charge in [0.05, 0.1) is 24.7 Å². The molecule has 20 heavy (non-hydrogen) atoms. The molecule has 0 amide bonds. The van der Waals surface area contributed by atoms with Gasteiger partial charge >= 0.3 is 0 Å². The molecule has 1 aromatic rings. The van der Waals surface area contributed by atoms with Crippen molar-refractivity contribution in [3.8, 4) is 23.3 Å². The third kappa shape index (κ3) is 4.33. The minimum absolute atomic E-state index is 0.180. The first-order chi connectivity index (χ1) is 9.83. The van der Waals surface area contributed by atoms with E-state index >= 15 is 0 Å². The van der Waals surface area contributed by atoms with Crippen LogP contribution in [0.15, 0.2) is 18.2 Å². The van der Waals surface area contributed by atoms with E-state index in [0.717, 1.165) is 36.5 Å². The lowest BCUT2D eigenvalue weighted by Crippen LogP contribution is -2.25. The summed E-state index contributed by atoms with van der Waals surface area (Å²) in [6, 6.07) is 5.60. The third-order valence-corrected chi connectivity index (χ3v) is 3.31. The second kappa shape index (κ2) is 8.04. The van der Waals surface area contributed by atoms with Crippen molar-refractivity contribution < 1.29 is 14.2 Å². The van der Waals surface area contributed by atoms with Crippen molar-refractivity contribution in [2.24, 2.45) is 0 Å². The number of alkyl halides is 1. The first-order valence-corrected chi connectivity index (χ1v) is 7.34. The summed E-state index contributed by atoms with van der Waals surface area (Å²) in [6.45, 7) is 1.39. The van der Waals surface area contributed by atoms with Crippen molar-refractivity contribution in [3.05, 3.63) is 23.8 Å². The summed E-state index contributed by atoms with van der Waals surface area (Å²) < 4.78 is 16.7. The van der Waals surface area contributed by atoms with Crippen LogP contribution in [0.5, 0.6) is 11.5 Å². The van der Waals surface area contributed by atoms with Crippen molar-refractivity contribution in [1.82, 2.24) is 0 Å². The van der Waals surface area contributed by atoms with E-state index in [9.17, 15) is 0 Å². The maximum absolute atomic E-state index is 5.85. The summed E-state index contributed by atoms with van der Waals surface area (Å²) in [5.74, 6) is 7.64. The molecule has 0 N–H and O–H groups in total. The van der Waals surface area contributed by atoms with Gasteiger partial charge in [-0.2, -0.15) is 0 Å². The average Bonchev–Trinajstić information content (AvgIpc) is 2.52. The molecular weight excluding hydrogens is 276 g/mol. The highest BCUT2D eigenvalue weighted by Gasteiger charge is 2.15. The molecule has 3 nitrogen and oxygen atoms in total. The van der Waals surface area contributed by atoms with E-state index in [2.05, 4.69) is 11.8 Å². The molecule has 2 rings (SSSR count). The monoisotopic (exact) mass is 294 g/mol. The second-order valence-electron chi connectivity index (χ2n) is 4.60. The van der Waals surface area contributed by atoms with Crippen LogP contribution >= 0.6 is 11.6 Å². The predicted octanol–water partition coefficient (Wildman–Crippen LogP) is 3.23. The molecule has 1 saturated heterocycles. The van der Waals surface area contributed by atoms with Crippen LogP contribution in [0.1, 0.15) is 24.8 Å². The molecular formula is C16H19ClO3. The first-order valence-electron chi connectivity index (χ1n) is 6.80. The fourth-order valence-electron chi connectivity index (χ4n) is 2.11. The molecule has 0 bridgehead atoms. The van der Waals surface area contributed by atoms with Gasteiger partial charge < -0.3 is 14.2 Å². The fourth-order valence-corrected chi connectivity index (χ4v) is 2.18. The Balaban J connectivity index is 2.05. The van der Waals surface area contributed by atoms with Gasteiger partial charge in [0, 0.05) is 6.61 Å². The van der Waals surface area contributed by atoms with Crippen molar-refractivity contribution >= 4 is 11.6 Å². The Labute approximate surface area is 125 Å². The maximum Gasteiger partial charge on any atom is 0.135 e. The minimum atomic E-state index is 0.180. The number of methoxy groups -OCH3 is 1. The lowest BCUT2D eigenvalue weighted by molar-refractivity contribution is -0.0111. The third-order valence-electron chi connectivity index (χ3n) is 3.18. The van der Waals surface area contributed by atoms with Gasteiger partial charge in [0.1, 0.15) is 18.1 Å². The molecule has 0 aromatic heterocycles. The molecule has 1 aliphatic rings. The molecule has 4 heteroatoms. The molecule has 1 heterocycles. The Morgan fingerprint density at radius 1 is 1.40 bits per heavy atom. The van der Waals surface area contributed by atoms with Gasteiger partial charge in [-0.1, -0.05) is 11.8 Å². The summed E-state index contributed by atoms with van der Waals surface area (Å²) in [6.07, 6.45) is 3.58. The van der Waals surface area contributed by atoms with Crippen LogP contribution in [0, 0.1) is 11.8 Å². The van der Waals surface area contributed by atoms with Crippen molar-refractivity contribution in [2.75, 3.05) is 26.2 Å². The average molecular weight is 295 g/mol. The zero-order valence-corrected chi connectivity index (χ0v) is 12.4. The Kier molecular flexibility index (Phi) is 6.04. The van der Waals surface area contributed by atoms with Crippen LogP contribution in [-0.4, -0.2) is 32.3 Å². The van der Waals surface area contributed by atoms with Gasteiger partial charge in [-0.15, -0.1) is 11.6 Å². The van der Waals surface area contributed by atoms with Crippen LogP contribution in [0.3, 0.4) is 0 Å². The lowest BCUT2D eigenvalue weighted by Gasteiger charge is -2.23. The Morgan fingerprint density at radius 2 is 2.30 bits per heavy atom. The molecule has 0 aliphatic carbocycles. The van der Waals surface area contributed by atoms with Crippen molar-refractivity contribution in [1.29, 1.82) is 0 Å². The molecule has 1 fully saturated rings. The molecule has 1 unspecified atom stereocenters. The fraction of sp³-hybridized carbons (Fsp3) is 0.500. The summed E-state index contributed by atoms with van der Waals surface area (Å²) in [5.41, 5.74) is 0.792. The predicted molar refractivity (Wildman–Crippen MR) is 79.7 cm³/mol. The van der Waals surface area contributed by atoms with Gasteiger partial charge in [0.2, 0.25) is 0 Å². The van der Waals surface area contributed by atoms with Gasteiger partial charge in [-0.05, 0) is 37.5 Å². The highest BCUT2D eigenvalue weighted by Crippen LogP contribution is 2.24. The van der Waals surface area contributed by atoms with Gasteiger partial charge in [0.15, 0.2) is 0 Å². The number of halogens is 1. The Morgan fingerprint density at radius 3 is 3.00 bits per heavy atom. The normalized spacial score (nSPS) is 18.0. The maximum atomic E-state index is 5.85. The van der Waals surface area contributed by atoms with Crippen LogP contribution in [-0.2, 0) is 4.74 Å². The molecule has 1 atom stereocenters. The van der Waals surface area contributed by atoms with E-state index in [4.69, 9.17) is 25.8 Å². The van der Waals surface area contributed by atoms with Crippen LogP contribution in [0.4, 0.5) is 0 Å². The van der Waals surface area contributed by atoms with Gasteiger partial charge in [-0.3, -0.25) is 0 Å². The number of rotatable bonds is 4. The second-order valence-corrected chi connectivity index (χ2v) is 4.86. The quantitative estimate of drug-likeness (QED) is 0.630. The molecule has 1 aromatic carbocycles. The zero-order valence-electron chi connectivity index (χ0n) is 11.7. The summed E-state index contributed by atoms with van der Waals surface area (Å²) in [5, 5.41) is 0. The van der Waals surface area contributed by atoms with E-state index in [1.807, 2.05) is 18.2 Å². The SMILES string of the molecule is COc1ccc(OCC2CCCCO2)c(C#CCCl)c1. The molecule has 108 valence electrons. The minimum Gasteiger partial charge on any atom is -0.497 e. The largest absolute Gasteiger partial charge is 0.497 e. The number of benzene rings is 1. The van der Waals surface area contributed by atoms with Crippen LogP contribution in [0.25, 0.3) is 0 Å². The van der Waals surface area contributed by atoms with Crippen LogP contribution in [0.2, 0.25) is 0 Å². The van der Waals surface area contributed by atoms with Gasteiger partial charge in [-0.25, -0.2) is 0 Å². The van der Waals surface area contributed by atoms with Crippen molar-refractivity contribution in [3.63, 3.8) is 0 Å². The standard InChI is InChI=1S/C16H19ClO3/c1-18-14-7-8-16(13(11-14)5-4-9-17)20-12-15-6-2-3-10-19-15/h7-8,11,15H,2-3,6,9-10,12H2,1H3. The van der Waals surface area contributed by atoms with E-state index in [1.165, 1.54) is 6.42 Å². The Bertz CT molecular complexity index is 484. The number of hydrogen-bond acceptors (Lipinski definition) is 3. The molecule has 0 spiro atoms. The number of hydrogen-bond donors (Lipinski definition) is 0. The smallest absolute Gasteiger partial charge is 0.135 e. The summed E-state index contributed by atoms with van der Waals surface area (Å²) in [7, 11) is 1.63. The first kappa shape index (κ1) is 15.0. The van der Waals surface area contributed by atoms with Crippen LogP contribution < -0.4 is 9.47 Å². The summed E-state index contributed by atoms with van der Waals surface area (Å²) in [4.78, 5) is 0. The highest BCUT2D eigenvalue weighted by atomic mass is 35.5. The molecule has 0 saturated carbocycles. The van der Waals surface area contributed by atoms with E-state index in [-0.39, 0.29) is 6.10 Å². The number of ether oxygens (including phenoxy) is 3. The van der Waals surface area contributed by atoms with E-state index < -0.39 is 0 Å².